The molecule has 4 rings (SSSR count). The van der Waals surface area contributed by atoms with Gasteiger partial charge in [-0.15, -0.1) is 0 Å². The van der Waals surface area contributed by atoms with Crippen molar-refractivity contribution >= 4 is 15.7 Å². The van der Waals surface area contributed by atoms with E-state index in [9.17, 15) is 13.2 Å². The number of aryl methyl sites for hydroxylation is 2. The Balaban J connectivity index is 1.43. The Hall–Kier alpha value is -2.19. The zero-order valence-corrected chi connectivity index (χ0v) is 17.8. The first kappa shape index (κ1) is 20.1. The number of nitrogens with one attached hydrogen (secondary N) is 1. The SMILES string of the molecule is Cc1cc(C)n(Cc2ccc(C(=O)N[C@H]3CS(=O)(=O)C[C@@H]3N3CCCC3)cc2)n1. The summed E-state index contributed by atoms with van der Waals surface area (Å²) in [5, 5.41) is 7.45. The predicted molar refractivity (Wildman–Crippen MR) is 112 cm³/mol. The molecule has 2 saturated heterocycles. The number of hydrogen-bond acceptors (Lipinski definition) is 5. The van der Waals surface area contributed by atoms with Crippen LogP contribution in [0.1, 0.15) is 40.2 Å². The highest BCUT2D eigenvalue weighted by molar-refractivity contribution is 7.91. The van der Waals surface area contributed by atoms with Crippen LogP contribution >= 0.6 is 0 Å². The van der Waals surface area contributed by atoms with Gasteiger partial charge in [-0.1, -0.05) is 12.1 Å². The zero-order chi connectivity index (χ0) is 20.6. The maximum atomic E-state index is 12.8. The molecule has 1 aromatic carbocycles. The molecule has 0 aliphatic carbocycles. The van der Waals surface area contributed by atoms with Gasteiger partial charge in [0.05, 0.1) is 29.8 Å². The molecular weight excluding hydrogens is 388 g/mol. The van der Waals surface area contributed by atoms with Gasteiger partial charge in [0.1, 0.15) is 0 Å². The summed E-state index contributed by atoms with van der Waals surface area (Å²) in [5.41, 5.74) is 3.69. The van der Waals surface area contributed by atoms with Crippen molar-refractivity contribution in [2.75, 3.05) is 24.6 Å². The van der Waals surface area contributed by atoms with Crippen LogP contribution in [0.15, 0.2) is 30.3 Å². The van der Waals surface area contributed by atoms with Crippen molar-refractivity contribution in [1.29, 1.82) is 0 Å². The lowest BCUT2D eigenvalue weighted by atomic mass is 10.1. The van der Waals surface area contributed by atoms with Crippen molar-refractivity contribution in [2.45, 2.75) is 45.3 Å². The van der Waals surface area contributed by atoms with E-state index in [2.05, 4.69) is 15.3 Å². The second-order valence-electron chi connectivity index (χ2n) is 8.25. The van der Waals surface area contributed by atoms with Gasteiger partial charge in [0, 0.05) is 17.3 Å². The molecule has 2 aliphatic rings. The molecule has 0 spiro atoms. The van der Waals surface area contributed by atoms with Gasteiger partial charge in [0.15, 0.2) is 9.84 Å². The van der Waals surface area contributed by atoms with Crippen molar-refractivity contribution < 1.29 is 13.2 Å². The molecule has 156 valence electrons. The van der Waals surface area contributed by atoms with Crippen molar-refractivity contribution in [3.8, 4) is 0 Å². The Morgan fingerprint density at radius 1 is 1.14 bits per heavy atom. The summed E-state index contributed by atoms with van der Waals surface area (Å²) in [6, 6.07) is 9.02. The van der Waals surface area contributed by atoms with E-state index < -0.39 is 9.84 Å². The Kier molecular flexibility index (Phi) is 5.48. The third-order valence-corrected chi connectivity index (χ3v) is 7.62. The first-order valence-electron chi connectivity index (χ1n) is 10.2. The summed E-state index contributed by atoms with van der Waals surface area (Å²) in [4.78, 5) is 15.0. The Bertz CT molecular complexity index is 991. The third kappa shape index (κ3) is 4.53. The monoisotopic (exact) mass is 416 g/mol. The van der Waals surface area contributed by atoms with Crippen molar-refractivity contribution in [3.63, 3.8) is 0 Å². The first-order valence-corrected chi connectivity index (χ1v) is 12.0. The Labute approximate surface area is 172 Å². The Morgan fingerprint density at radius 3 is 2.45 bits per heavy atom. The topological polar surface area (TPSA) is 84.3 Å². The van der Waals surface area contributed by atoms with Crippen LogP contribution in [-0.2, 0) is 16.4 Å². The maximum absolute atomic E-state index is 12.8. The highest BCUT2D eigenvalue weighted by atomic mass is 32.2. The Morgan fingerprint density at radius 2 is 1.83 bits per heavy atom. The minimum atomic E-state index is -3.12. The van der Waals surface area contributed by atoms with Crippen LogP contribution < -0.4 is 5.32 Å². The van der Waals surface area contributed by atoms with Gasteiger partial charge in [0.2, 0.25) is 0 Å². The second-order valence-corrected chi connectivity index (χ2v) is 10.4. The van der Waals surface area contributed by atoms with Crippen molar-refractivity contribution in [3.05, 3.63) is 52.8 Å². The van der Waals surface area contributed by atoms with Crippen molar-refractivity contribution in [2.24, 2.45) is 0 Å². The molecule has 1 amide bonds. The minimum absolute atomic E-state index is 0.0237. The summed E-state index contributed by atoms with van der Waals surface area (Å²) in [5.74, 6) is -0.0518. The average Bonchev–Trinajstić information content (AvgIpc) is 3.36. The van der Waals surface area contributed by atoms with Crippen LogP contribution in [0.4, 0.5) is 0 Å². The van der Waals surface area contributed by atoms with E-state index in [4.69, 9.17) is 0 Å². The summed E-state index contributed by atoms with van der Waals surface area (Å²) in [7, 11) is -3.12. The predicted octanol–water partition coefficient (Wildman–Crippen LogP) is 1.54. The fourth-order valence-corrected chi connectivity index (χ4v) is 6.37. The summed E-state index contributed by atoms with van der Waals surface area (Å²) in [6.07, 6.45) is 2.18. The summed E-state index contributed by atoms with van der Waals surface area (Å²) >= 11 is 0. The summed E-state index contributed by atoms with van der Waals surface area (Å²) in [6.45, 7) is 6.46. The number of amides is 1. The molecule has 0 bridgehead atoms. The molecule has 1 aromatic heterocycles. The molecule has 2 aliphatic heterocycles. The van der Waals surface area contributed by atoms with E-state index in [1.807, 2.05) is 36.7 Å². The van der Waals surface area contributed by atoms with Gasteiger partial charge >= 0.3 is 0 Å². The van der Waals surface area contributed by atoms with Crippen LogP contribution in [0.3, 0.4) is 0 Å². The molecule has 8 heteroatoms. The molecule has 0 unspecified atom stereocenters. The van der Waals surface area contributed by atoms with Crippen LogP contribution in [0.5, 0.6) is 0 Å². The average molecular weight is 417 g/mol. The van der Waals surface area contributed by atoms with Gasteiger partial charge in [-0.3, -0.25) is 14.4 Å². The quantitative estimate of drug-likeness (QED) is 0.799. The molecule has 2 fully saturated rings. The van der Waals surface area contributed by atoms with Gasteiger partial charge in [-0.05, 0) is 63.5 Å². The molecule has 0 radical (unpaired) electrons. The van der Waals surface area contributed by atoms with E-state index in [0.29, 0.717) is 12.1 Å². The number of benzene rings is 1. The van der Waals surface area contributed by atoms with Crippen LogP contribution in [0, 0.1) is 13.8 Å². The lowest BCUT2D eigenvalue weighted by Gasteiger charge is -2.28. The number of likely N-dealkylation sites (tertiary alicyclic amines) is 1. The smallest absolute Gasteiger partial charge is 0.251 e. The largest absolute Gasteiger partial charge is 0.347 e. The highest BCUT2D eigenvalue weighted by Crippen LogP contribution is 2.23. The fraction of sp³-hybridized carbons (Fsp3) is 0.524. The number of nitrogens with zero attached hydrogens (tertiary/aromatic N) is 3. The van der Waals surface area contributed by atoms with Crippen molar-refractivity contribution in [1.82, 2.24) is 20.0 Å². The molecule has 1 N–H and O–H groups in total. The normalized spacial score (nSPS) is 24.1. The molecule has 0 saturated carbocycles. The fourth-order valence-electron chi connectivity index (χ4n) is 4.42. The lowest BCUT2D eigenvalue weighted by molar-refractivity contribution is 0.0918. The first-order chi connectivity index (χ1) is 13.8. The molecule has 2 aromatic rings. The van der Waals surface area contributed by atoms with E-state index in [0.717, 1.165) is 42.9 Å². The molecule has 7 nitrogen and oxygen atoms in total. The number of hydrogen-bond donors (Lipinski definition) is 1. The van der Waals surface area contributed by atoms with E-state index in [-0.39, 0.29) is 29.5 Å². The number of sulfone groups is 1. The highest BCUT2D eigenvalue weighted by Gasteiger charge is 2.42. The van der Waals surface area contributed by atoms with Gasteiger partial charge in [0.25, 0.3) is 5.91 Å². The second kappa shape index (κ2) is 7.91. The number of rotatable bonds is 5. The van der Waals surface area contributed by atoms with E-state index >= 15 is 0 Å². The number of carbonyl (C=O) groups is 1. The van der Waals surface area contributed by atoms with Gasteiger partial charge in [-0.25, -0.2) is 8.42 Å². The maximum Gasteiger partial charge on any atom is 0.251 e. The van der Waals surface area contributed by atoms with Crippen LogP contribution in [0.25, 0.3) is 0 Å². The van der Waals surface area contributed by atoms with Crippen LogP contribution in [-0.4, -0.2) is 65.7 Å². The standard InChI is InChI=1S/C21H28N4O3S/c1-15-11-16(2)25(23-15)12-17-5-7-18(8-6-17)21(26)22-19-13-29(27,28)14-20(19)24-9-3-4-10-24/h5-8,11,19-20H,3-4,9-10,12-14H2,1-2H3,(H,22,26)/t19-,20-/m0/s1. The third-order valence-electron chi connectivity index (χ3n) is 5.90. The van der Waals surface area contributed by atoms with E-state index in [1.165, 1.54) is 0 Å². The molecule has 3 heterocycles. The molecular formula is C21H28N4O3S. The number of carbonyl (C=O) groups excluding carboxylic acids is 1. The number of aromatic nitrogens is 2. The lowest BCUT2D eigenvalue weighted by Crippen LogP contribution is -2.50. The van der Waals surface area contributed by atoms with E-state index in [1.54, 1.807) is 12.1 Å². The minimum Gasteiger partial charge on any atom is -0.347 e. The molecule has 29 heavy (non-hydrogen) atoms. The summed E-state index contributed by atoms with van der Waals surface area (Å²) < 4.78 is 26.3. The van der Waals surface area contributed by atoms with Gasteiger partial charge < -0.3 is 5.32 Å². The van der Waals surface area contributed by atoms with Gasteiger partial charge in [-0.2, -0.15) is 5.10 Å². The zero-order valence-electron chi connectivity index (χ0n) is 17.0. The van der Waals surface area contributed by atoms with Crippen LogP contribution in [0.2, 0.25) is 0 Å². The molecule has 2 atom stereocenters.